The van der Waals surface area contributed by atoms with Crippen molar-refractivity contribution in [1.82, 2.24) is 5.01 Å². The predicted octanol–water partition coefficient (Wildman–Crippen LogP) is 4.24. The Morgan fingerprint density at radius 1 is 1.09 bits per heavy atom. The average molecular weight is 463 g/mol. The molecule has 0 radical (unpaired) electrons. The Balaban J connectivity index is 2.04. The summed E-state index contributed by atoms with van der Waals surface area (Å²) in [6.45, 7) is 3.16. The number of hydrogen-bond acceptors (Lipinski definition) is 5. The molecule has 3 rings (SSSR count). The number of hydrazone groups is 1. The molecule has 0 saturated heterocycles. The van der Waals surface area contributed by atoms with Gasteiger partial charge in [-0.25, -0.2) is 13.8 Å². The highest BCUT2D eigenvalue weighted by Gasteiger charge is 2.36. The summed E-state index contributed by atoms with van der Waals surface area (Å²) in [5.74, 6) is -6.46. The van der Waals surface area contributed by atoms with Crippen molar-refractivity contribution < 1.29 is 32.2 Å². The number of carbonyl (C=O) groups is 2. The molecule has 1 N–H and O–H groups in total. The van der Waals surface area contributed by atoms with Gasteiger partial charge in [0.1, 0.15) is 0 Å². The van der Waals surface area contributed by atoms with E-state index in [0.29, 0.717) is 17.7 Å². The molecule has 0 aliphatic carbocycles. The summed E-state index contributed by atoms with van der Waals surface area (Å²) in [5.41, 5.74) is 0.490. The van der Waals surface area contributed by atoms with Crippen LogP contribution in [0.15, 0.2) is 29.4 Å². The van der Waals surface area contributed by atoms with Crippen LogP contribution in [0.2, 0.25) is 0 Å². The summed E-state index contributed by atoms with van der Waals surface area (Å²) in [6, 6.07) is 6.70. The molecule has 1 heterocycles. The summed E-state index contributed by atoms with van der Waals surface area (Å²) in [5, 5.41) is 7.97. The molecule has 2 amide bonds. The van der Waals surface area contributed by atoms with Crippen LogP contribution in [-0.4, -0.2) is 36.8 Å². The van der Waals surface area contributed by atoms with Crippen molar-refractivity contribution in [3.05, 3.63) is 52.8 Å². The molecule has 0 fully saturated rings. The van der Waals surface area contributed by atoms with Crippen LogP contribution in [0.1, 0.15) is 37.8 Å². The summed E-state index contributed by atoms with van der Waals surface area (Å²) in [7, 11) is 2.19. The van der Waals surface area contributed by atoms with E-state index in [-0.39, 0.29) is 30.5 Å². The molecule has 2 aromatic carbocycles. The van der Waals surface area contributed by atoms with Crippen LogP contribution in [0, 0.1) is 23.4 Å². The third kappa shape index (κ3) is 4.79. The summed E-state index contributed by atoms with van der Waals surface area (Å²) in [6.07, 6.45) is 0.312. The Hall–Kier alpha value is -3.56. The highest BCUT2D eigenvalue weighted by molar-refractivity contribution is 6.06. The van der Waals surface area contributed by atoms with Gasteiger partial charge >= 0.3 is 0 Å². The SMILES string of the molecule is CCC1CC(=O)N(Cc2ccc(NC(C)=O)cc2)N=C1c1c(F)c(F)c(OC)c(OC)c1F. The van der Waals surface area contributed by atoms with E-state index in [0.717, 1.165) is 19.2 Å². The van der Waals surface area contributed by atoms with Crippen LogP contribution < -0.4 is 14.8 Å². The minimum atomic E-state index is -1.46. The average Bonchev–Trinajstić information content (AvgIpc) is 2.78. The van der Waals surface area contributed by atoms with Crippen LogP contribution in [0.25, 0.3) is 0 Å². The lowest BCUT2D eigenvalue weighted by Crippen LogP contribution is -2.37. The number of rotatable bonds is 7. The van der Waals surface area contributed by atoms with E-state index in [9.17, 15) is 18.4 Å². The van der Waals surface area contributed by atoms with E-state index in [1.807, 2.05) is 0 Å². The van der Waals surface area contributed by atoms with Crippen molar-refractivity contribution in [2.45, 2.75) is 33.2 Å². The third-order valence-corrected chi connectivity index (χ3v) is 5.32. The standard InChI is InChI=1S/C23H24F3N3O4/c1-5-14-10-16(31)29(11-13-6-8-15(9-7-13)27-12(2)30)28-21(14)17-18(24)20(26)23(33-4)22(32-3)19(17)25/h6-9,14H,5,10-11H2,1-4H3,(H,27,30). The van der Waals surface area contributed by atoms with Crippen LogP contribution >= 0.6 is 0 Å². The van der Waals surface area contributed by atoms with E-state index in [4.69, 9.17) is 9.47 Å². The van der Waals surface area contributed by atoms with Gasteiger partial charge in [-0.05, 0) is 24.1 Å². The zero-order chi connectivity index (χ0) is 24.3. The fourth-order valence-electron chi connectivity index (χ4n) is 3.67. The van der Waals surface area contributed by atoms with Gasteiger partial charge in [-0.3, -0.25) is 9.59 Å². The maximum absolute atomic E-state index is 15.2. The first-order chi connectivity index (χ1) is 15.7. The van der Waals surface area contributed by atoms with Crippen molar-refractivity contribution in [1.29, 1.82) is 0 Å². The first-order valence-electron chi connectivity index (χ1n) is 10.3. The Kier molecular flexibility index (Phi) is 7.25. The monoisotopic (exact) mass is 463 g/mol. The van der Waals surface area contributed by atoms with Gasteiger partial charge in [0.15, 0.2) is 11.6 Å². The molecule has 1 aliphatic rings. The molecular weight excluding hydrogens is 439 g/mol. The number of hydrogen-bond donors (Lipinski definition) is 1. The molecule has 0 bridgehead atoms. The van der Waals surface area contributed by atoms with Crippen LogP contribution in [-0.2, 0) is 16.1 Å². The van der Waals surface area contributed by atoms with E-state index in [1.54, 1.807) is 31.2 Å². The largest absolute Gasteiger partial charge is 0.490 e. The molecule has 2 aromatic rings. The lowest BCUT2D eigenvalue weighted by Gasteiger charge is -2.30. The van der Waals surface area contributed by atoms with Gasteiger partial charge in [0, 0.05) is 24.9 Å². The molecule has 10 heteroatoms. The quantitative estimate of drug-likeness (QED) is 0.623. The molecule has 0 spiro atoms. The minimum Gasteiger partial charge on any atom is -0.490 e. The molecular formula is C23H24F3N3O4. The van der Waals surface area contributed by atoms with E-state index < -0.39 is 40.4 Å². The Morgan fingerprint density at radius 2 is 1.70 bits per heavy atom. The Labute approximate surface area is 189 Å². The number of ether oxygens (including phenoxy) is 2. The number of amides is 2. The fraction of sp³-hybridized carbons (Fsp3) is 0.348. The summed E-state index contributed by atoms with van der Waals surface area (Å²) in [4.78, 5) is 23.8. The third-order valence-electron chi connectivity index (χ3n) is 5.32. The topological polar surface area (TPSA) is 80.2 Å². The second-order valence-electron chi connectivity index (χ2n) is 7.51. The number of halogens is 3. The van der Waals surface area contributed by atoms with Crippen molar-refractivity contribution in [2.75, 3.05) is 19.5 Å². The van der Waals surface area contributed by atoms with Gasteiger partial charge in [-0.2, -0.15) is 9.49 Å². The zero-order valence-electron chi connectivity index (χ0n) is 18.7. The fourth-order valence-corrected chi connectivity index (χ4v) is 3.67. The van der Waals surface area contributed by atoms with Crippen molar-refractivity contribution >= 4 is 23.2 Å². The molecule has 7 nitrogen and oxygen atoms in total. The van der Waals surface area contributed by atoms with Crippen molar-refractivity contribution in [3.63, 3.8) is 0 Å². The number of benzene rings is 2. The van der Waals surface area contributed by atoms with Crippen molar-refractivity contribution in [3.8, 4) is 11.5 Å². The van der Waals surface area contributed by atoms with Gasteiger partial charge in [-0.15, -0.1) is 0 Å². The number of methoxy groups -OCH3 is 2. The first-order valence-corrected chi connectivity index (χ1v) is 10.3. The van der Waals surface area contributed by atoms with Crippen LogP contribution in [0.5, 0.6) is 11.5 Å². The highest BCUT2D eigenvalue weighted by atomic mass is 19.2. The van der Waals surface area contributed by atoms with Gasteiger partial charge in [0.2, 0.25) is 29.1 Å². The normalized spacial score (nSPS) is 15.8. The van der Waals surface area contributed by atoms with E-state index in [2.05, 4.69) is 10.4 Å². The minimum absolute atomic E-state index is 0.0259. The second kappa shape index (κ2) is 9.93. The molecule has 1 unspecified atom stereocenters. The van der Waals surface area contributed by atoms with Gasteiger partial charge < -0.3 is 14.8 Å². The maximum Gasteiger partial charge on any atom is 0.243 e. The summed E-state index contributed by atoms with van der Waals surface area (Å²) >= 11 is 0. The lowest BCUT2D eigenvalue weighted by molar-refractivity contribution is -0.133. The van der Waals surface area contributed by atoms with Gasteiger partial charge in [0.25, 0.3) is 0 Å². The lowest BCUT2D eigenvalue weighted by atomic mass is 9.89. The van der Waals surface area contributed by atoms with Gasteiger partial charge in [0.05, 0.1) is 32.0 Å². The molecule has 33 heavy (non-hydrogen) atoms. The predicted molar refractivity (Wildman–Crippen MR) is 116 cm³/mol. The summed E-state index contributed by atoms with van der Waals surface area (Å²) < 4.78 is 54.5. The molecule has 1 atom stereocenters. The number of anilines is 1. The van der Waals surface area contributed by atoms with Crippen LogP contribution in [0.4, 0.5) is 18.9 Å². The molecule has 0 aromatic heterocycles. The first kappa shape index (κ1) is 24.1. The van der Waals surface area contributed by atoms with Gasteiger partial charge in [-0.1, -0.05) is 19.1 Å². The smallest absolute Gasteiger partial charge is 0.243 e. The maximum atomic E-state index is 15.2. The highest BCUT2D eigenvalue weighted by Crippen LogP contribution is 2.39. The molecule has 176 valence electrons. The second-order valence-corrected chi connectivity index (χ2v) is 7.51. The number of nitrogens with one attached hydrogen (secondary N) is 1. The zero-order valence-corrected chi connectivity index (χ0v) is 18.7. The van der Waals surface area contributed by atoms with E-state index >= 15 is 4.39 Å². The molecule has 0 saturated carbocycles. The number of nitrogens with zero attached hydrogens (tertiary/aromatic N) is 2. The van der Waals surface area contributed by atoms with Crippen LogP contribution in [0.3, 0.4) is 0 Å². The molecule has 1 aliphatic heterocycles. The Bertz CT molecular complexity index is 1100. The van der Waals surface area contributed by atoms with E-state index in [1.165, 1.54) is 6.92 Å². The Morgan fingerprint density at radius 3 is 2.24 bits per heavy atom. The van der Waals surface area contributed by atoms with Crippen molar-refractivity contribution in [2.24, 2.45) is 11.0 Å². The number of carbonyl (C=O) groups excluding carboxylic acids is 2.